The summed E-state index contributed by atoms with van der Waals surface area (Å²) in [6.07, 6.45) is 1.10. The van der Waals surface area contributed by atoms with Gasteiger partial charge in [0.25, 0.3) is 0 Å². The summed E-state index contributed by atoms with van der Waals surface area (Å²) in [5, 5.41) is 10.1. The maximum Gasteiger partial charge on any atom is 0.0701 e. The van der Waals surface area contributed by atoms with Crippen molar-refractivity contribution >= 4 is 27.3 Å². The van der Waals surface area contributed by atoms with E-state index in [2.05, 4.69) is 55.5 Å². The topological polar surface area (TPSA) is 29.9 Å². The molecule has 0 saturated carbocycles. The second-order valence-corrected chi connectivity index (χ2v) is 6.73. The minimum absolute atomic E-state index is 0.944. The molecule has 1 N–H and O–H groups in total. The maximum absolute atomic E-state index is 4.45. The van der Waals surface area contributed by atoms with E-state index in [4.69, 9.17) is 0 Å². The van der Waals surface area contributed by atoms with Crippen LogP contribution in [-0.2, 0) is 13.1 Å². The van der Waals surface area contributed by atoms with Crippen molar-refractivity contribution in [1.82, 2.24) is 15.1 Å². The van der Waals surface area contributed by atoms with Gasteiger partial charge < -0.3 is 5.32 Å². The van der Waals surface area contributed by atoms with E-state index in [1.807, 2.05) is 6.92 Å². The zero-order valence-corrected chi connectivity index (χ0v) is 13.1. The van der Waals surface area contributed by atoms with Crippen LogP contribution in [0.3, 0.4) is 0 Å². The summed E-state index contributed by atoms with van der Waals surface area (Å²) in [5.74, 6) is 0. The normalized spacial score (nSPS) is 11.1. The molecule has 98 valence electrons. The molecule has 2 rings (SSSR count). The Kier molecular flexibility index (Phi) is 4.97. The van der Waals surface area contributed by atoms with Crippen molar-refractivity contribution in [2.24, 2.45) is 0 Å². The summed E-state index contributed by atoms with van der Waals surface area (Å²) in [5.41, 5.74) is 3.69. The van der Waals surface area contributed by atoms with E-state index in [0.717, 1.165) is 31.7 Å². The first-order valence-corrected chi connectivity index (χ1v) is 7.77. The van der Waals surface area contributed by atoms with Gasteiger partial charge in [-0.2, -0.15) is 5.10 Å². The summed E-state index contributed by atoms with van der Waals surface area (Å²) >= 11 is 5.21. The lowest BCUT2D eigenvalue weighted by molar-refractivity contribution is 0.532. The van der Waals surface area contributed by atoms with Crippen LogP contribution in [-0.4, -0.2) is 16.3 Å². The van der Waals surface area contributed by atoms with Crippen molar-refractivity contribution in [2.75, 3.05) is 6.54 Å². The highest BCUT2D eigenvalue weighted by Gasteiger charge is 2.00. The first-order chi connectivity index (χ1) is 8.65. The smallest absolute Gasteiger partial charge is 0.0701 e. The third-order valence-corrected chi connectivity index (χ3v) is 4.33. The van der Waals surface area contributed by atoms with Gasteiger partial charge in [0.2, 0.25) is 0 Å². The average Bonchev–Trinajstić information content (AvgIpc) is 2.85. The third-order valence-electron chi connectivity index (χ3n) is 2.78. The van der Waals surface area contributed by atoms with Gasteiger partial charge in [-0.05, 0) is 65.8 Å². The molecule has 2 aromatic rings. The number of aromatic nitrogens is 2. The monoisotopic (exact) mass is 327 g/mol. The lowest BCUT2D eigenvalue weighted by Crippen LogP contribution is -2.16. The molecular weight excluding hydrogens is 310 g/mol. The molecule has 5 heteroatoms. The number of halogens is 1. The largest absolute Gasteiger partial charge is 0.313 e. The summed E-state index contributed by atoms with van der Waals surface area (Å²) in [7, 11) is 0. The zero-order chi connectivity index (χ0) is 13.0. The standard InChI is InChI=1S/C13H18BrN3S/c1-10-6-11(2)17(16-10)5-3-4-15-8-12-7-13(14)18-9-12/h6-7,9,15H,3-5,8H2,1-2H3. The Labute approximate surface area is 120 Å². The number of hydrogen-bond acceptors (Lipinski definition) is 3. The van der Waals surface area contributed by atoms with Gasteiger partial charge >= 0.3 is 0 Å². The van der Waals surface area contributed by atoms with E-state index < -0.39 is 0 Å². The van der Waals surface area contributed by atoms with Crippen LogP contribution in [0.25, 0.3) is 0 Å². The highest BCUT2D eigenvalue weighted by atomic mass is 79.9. The number of nitrogens with zero attached hydrogens (tertiary/aromatic N) is 2. The molecule has 0 bridgehead atoms. The number of nitrogens with one attached hydrogen (secondary N) is 1. The molecule has 0 radical (unpaired) electrons. The fraction of sp³-hybridized carbons (Fsp3) is 0.462. The highest BCUT2D eigenvalue weighted by Crippen LogP contribution is 2.20. The van der Waals surface area contributed by atoms with Crippen molar-refractivity contribution in [3.05, 3.63) is 38.3 Å². The van der Waals surface area contributed by atoms with Crippen molar-refractivity contribution < 1.29 is 0 Å². The van der Waals surface area contributed by atoms with E-state index >= 15 is 0 Å². The van der Waals surface area contributed by atoms with Crippen LogP contribution in [0, 0.1) is 13.8 Å². The molecule has 2 aromatic heterocycles. The first kappa shape index (κ1) is 13.8. The molecular formula is C13H18BrN3S. The van der Waals surface area contributed by atoms with Crippen LogP contribution in [0.4, 0.5) is 0 Å². The van der Waals surface area contributed by atoms with E-state index in [-0.39, 0.29) is 0 Å². The molecule has 0 unspecified atom stereocenters. The fourth-order valence-electron chi connectivity index (χ4n) is 1.93. The van der Waals surface area contributed by atoms with Gasteiger partial charge in [-0.1, -0.05) is 0 Å². The van der Waals surface area contributed by atoms with Gasteiger partial charge in [0.1, 0.15) is 0 Å². The van der Waals surface area contributed by atoms with Crippen molar-refractivity contribution in [2.45, 2.75) is 33.4 Å². The van der Waals surface area contributed by atoms with Crippen LogP contribution in [0.2, 0.25) is 0 Å². The second-order valence-electron chi connectivity index (χ2n) is 4.44. The predicted molar refractivity (Wildman–Crippen MR) is 80.0 cm³/mol. The Balaban J connectivity index is 1.66. The summed E-state index contributed by atoms with van der Waals surface area (Å²) < 4.78 is 3.28. The van der Waals surface area contributed by atoms with E-state index in [0.29, 0.717) is 0 Å². The Morgan fingerprint density at radius 2 is 2.22 bits per heavy atom. The molecule has 2 heterocycles. The van der Waals surface area contributed by atoms with Crippen LogP contribution in [0.15, 0.2) is 21.3 Å². The van der Waals surface area contributed by atoms with Crippen LogP contribution >= 0.6 is 27.3 Å². The number of thiophene rings is 1. The zero-order valence-electron chi connectivity index (χ0n) is 10.7. The molecule has 0 aromatic carbocycles. The van der Waals surface area contributed by atoms with E-state index in [1.54, 1.807) is 11.3 Å². The number of aryl methyl sites for hydroxylation is 3. The highest BCUT2D eigenvalue weighted by molar-refractivity contribution is 9.11. The Hall–Kier alpha value is -0.650. The molecule has 0 spiro atoms. The minimum atomic E-state index is 0.944. The molecule has 0 fully saturated rings. The summed E-state index contributed by atoms with van der Waals surface area (Å²) in [6.45, 7) is 7.09. The molecule has 0 aliphatic heterocycles. The molecule has 0 amide bonds. The fourth-order valence-corrected chi connectivity index (χ4v) is 3.14. The van der Waals surface area contributed by atoms with Gasteiger partial charge in [0, 0.05) is 18.8 Å². The predicted octanol–water partition coefficient (Wildman–Crippen LogP) is 3.50. The number of rotatable bonds is 6. The lowest BCUT2D eigenvalue weighted by Gasteiger charge is -2.05. The Bertz CT molecular complexity index is 504. The van der Waals surface area contributed by atoms with Gasteiger partial charge in [0.05, 0.1) is 9.48 Å². The Morgan fingerprint density at radius 1 is 1.39 bits per heavy atom. The van der Waals surface area contributed by atoms with E-state index in [1.165, 1.54) is 15.0 Å². The quantitative estimate of drug-likeness (QED) is 0.823. The summed E-state index contributed by atoms with van der Waals surface area (Å²) in [4.78, 5) is 0. The lowest BCUT2D eigenvalue weighted by atomic mass is 10.3. The maximum atomic E-state index is 4.45. The third kappa shape index (κ3) is 3.93. The van der Waals surface area contributed by atoms with Crippen molar-refractivity contribution in [3.63, 3.8) is 0 Å². The molecule has 18 heavy (non-hydrogen) atoms. The second kappa shape index (κ2) is 6.50. The first-order valence-electron chi connectivity index (χ1n) is 6.10. The van der Waals surface area contributed by atoms with Crippen molar-refractivity contribution in [1.29, 1.82) is 0 Å². The van der Waals surface area contributed by atoms with Gasteiger partial charge in [-0.3, -0.25) is 4.68 Å². The van der Waals surface area contributed by atoms with Crippen molar-refractivity contribution in [3.8, 4) is 0 Å². The van der Waals surface area contributed by atoms with Crippen LogP contribution in [0.1, 0.15) is 23.4 Å². The average molecular weight is 328 g/mol. The molecule has 0 aliphatic rings. The minimum Gasteiger partial charge on any atom is -0.313 e. The van der Waals surface area contributed by atoms with E-state index in [9.17, 15) is 0 Å². The summed E-state index contributed by atoms with van der Waals surface area (Å²) in [6, 6.07) is 4.29. The van der Waals surface area contributed by atoms with Gasteiger partial charge in [-0.25, -0.2) is 0 Å². The van der Waals surface area contributed by atoms with Crippen LogP contribution in [0.5, 0.6) is 0 Å². The van der Waals surface area contributed by atoms with Gasteiger partial charge in [-0.15, -0.1) is 11.3 Å². The Morgan fingerprint density at radius 3 is 2.83 bits per heavy atom. The van der Waals surface area contributed by atoms with Crippen LogP contribution < -0.4 is 5.32 Å². The SMILES string of the molecule is Cc1cc(C)n(CCCNCc2csc(Br)c2)n1. The van der Waals surface area contributed by atoms with Gasteiger partial charge in [0.15, 0.2) is 0 Å². The molecule has 0 aliphatic carbocycles. The number of hydrogen-bond donors (Lipinski definition) is 1. The molecule has 0 atom stereocenters. The molecule has 0 saturated heterocycles. The molecule has 3 nitrogen and oxygen atoms in total.